The molecular weight excluding hydrogens is 226 g/mol. The molecule has 0 aromatic heterocycles. The summed E-state index contributed by atoms with van der Waals surface area (Å²) >= 11 is 0. The highest BCUT2D eigenvalue weighted by Gasteiger charge is 2.29. The summed E-state index contributed by atoms with van der Waals surface area (Å²) in [7, 11) is 0. The van der Waals surface area contributed by atoms with Gasteiger partial charge in [-0.15, -0.1) is 0 Å². The van der Waals surface area contributed by atoms with Crippen molar-refractivity contribution in [3.8, 4) is 0 Å². The van der Waals surface area contributed by atoms with Gasteiger partial charge in [-0.3, -0.25) is 9.80 Å². The van der Waals surface area contributed by atoms with E-state index in [0.717, 1.165) is 45.9 Å². The van der Waals surface area contributed by atoms with Gasteiger partial charge in [0.1, 0.15) is 0 Å². The van der Waals surface area contributed by atoms with Gasteiger partial charge in [-0.1, -0.05) is 0 Å². The molecule has 1 atom stereocenters. The summed E-state index contributed by atoms with van der Waals surface area (Å²) in [5.74, 6) is 0. The Bertz CT molecular complexity index is 243. The Kier molecular flexibility index (Phi) is 5.01. The Morgan fingerprint density at radius 2 is 1.89 bits per heavy atom. The zero-order chi connectivity index (χ0) is 13.0. The molecule has 0 radical (unpaired) electrons. The van der Waals surface area contributed by atoms with Crippen molar-refractivity contribution in [3.05, 3.63) is 0 Å². The third kappa shape index (κ3) is 3.67. The third-order valence-corrected chi connectivity index (χ3v) is 4.46. The number of hydrogen-bond acceptors (Lipinski definition) is 4. The van der Waals surface area contributed by atoms with E-state index in [1.165, 1.54) is 19.3 Å². The van der Waals surface area contributed by atoms with Gasteiger partial charge in [0.25, 0.3) is 0 Å². The predicted octanol–water partition coefficient (Wildman–Crippen LogP) is 0.910. The Balaban J connectivity index is 1.73. The molecule has 18 heavy (non-hydrogen) atoms. The monoisotopic (exact) mass is 255 g/mol. The van der Waals surface area contributed by atoms with Gasteiger partial charge in [-0.25, -0.2) is 0 Å². The summed E-state index contributed by atoms with van der Waals surface area (Å²) in [6.45, 7) is 11.9. The molecule has 0 saturated carbocycles. The van der Waals surface area contributed by atoms with E-state index in [1.54, 1.807) is 0 Å². The lowest BCUT2D eigenvalue weighted by Crippen LogP contribution is -2.58. The molecule has 2 saturated heterocycles. The molecule has 2 aliphatic heterocycles. The van der Waals surface area contributed by atoms with Crippen LogP contribution >= 0.6 is 0 Å². The molecule has 0 bridgehead atoms. The summed E-state index contributed by atoms with van der Waals surface area (Å²) < 4.78 is 5.82. The second-order valence-corrected chi connectivity index (χ2v) is 6.29. The fourth-order valence-electron chi connectivity index (χ4n) is 2.90. The van der Waals surface area contributed by atoms with Crippen molar-refractivity contribution in [1.29, 1.82) is 0 Å². The molecular formula is C14H29N3O. The van der Waals surface area contributed by atoms with Gasteiger partial charge in [-0.2, -0.15) is 0 Å². The highest BCUT2D eigenvalue weighted by molar-refractivity contribution is 4.87. The van der Waals surface area contributed by atoms with Crippen molar-refractivity contribution in [3.63, 3.8) is 0 Å². The fraction of sp³-hybridized carbons (Fsp3) is 1.00. The van der Waals surface area contributed by atoms with Gasteiger partial charge in [0.15, 0.2) is 0 Å². The molecule has 1 unspecified atom stereocenters. The maximum absolute atomic E-state index is 5.85. The van der Waals surface area contributed by atoms with Crippen molar-refractivity contribution in [2.24, 2.45) is 5.73 Å². The fourth-order valence-corrected chi connectivity index (χ4v) is 2.90. The van der Waals surface area contributed by atoms with Crippen LogP contribution in [0.25, 0.3) is 0 Å². The zero-order valence-corrected chi connectivity index (χ0v) is 12.0. The molecule has 0 aromatic rings. The van der Waals surface area contributed by atoms with Crippen molar-refractivity contribution >= 4 is 0 Å². The van der Waals surface area contributed by atoms with E-state index in [0.29, 0.717) is 6.10 Å². The molecule has 0 amide bonds. The largest absolute Gasteiger partial charge is 0.377 e. The minimum absolute atomic E-state index is 0.146. The molecule has 2 fully saturated rings. The van der Waals surface area contributed by atoms with E-state index in [4.69, 9.17) is 10.5 Å². The van der Waals surface area contributed by atoms with Crippen molar-refractivity contribution in [2.45, 2.75) is 44.8 Å². The molecule has 0 aromatic carbocycles. The average Bonchev–Trinajstić information content (AvgIpc) is 2.40. The van der Waals surface area contributed by atoms with Gasteiger partial charge in [0, 0.05) is 51.4 Å². The molecule has 4 nitrogen and oxygen atoms in total. The van der Waals surface area contributed by atoms with Gasteiger partial charge >= 0.3 is 0 Å². The second kappa shape index (κ2) is 6.33. The number of nitrogens with two attached hydrogens (primary N) is 1. The Hall–Kier alpha value is -0.160. The molecule has 2 N–H and O–H groups in total. The van der Waals surface area contributed by atoms with Crippen LogP contribution in [0.15, 0.2) is 0 Å². The molecule has 2 aliphatic rings. The summed E-state index contributed by atoms with van der Waals surface area (Å²) in [6, 6.07) is 0. The lowest BCUT2D eigenvalue weighted by molar-refractivity contribution is -0.0218. The predicted molar refractivity (Wildman–Crippen MR) is 74.7 cm³/mol. The maximum atomic E-state index is 5.85. The zero-order valence-electron chi connectivity index (χ0n) is 12.0. The summed E-state index contributed by atoms with van der Waals surface area (Å²) in [5, 5.41) is 0. The second-order valence-electron chi connectivity index (χ2n) is 6.29. The number of rotatable bonds is 4. The van der Waals surface area contributed by atoms with Gasteiger partial charge in [0.05, 0.1) is 6.10 Å². The average molecular weight is 255 g/mol. The van der Waals surface area contributed by atoms with Crippen LogP contribution in [-0.4, -0.2) is 67.3 Å². The van der Waals surface area contributed by atoms with Crippen LogP contribution in [0.3, 0.4) is 0 Å². The smallest absolute Gasteiger partial charge is 0.0702 e. The first-order valence-corrected chi connectivity index (χ1v) is 7.41. The highest BCUT2D eigenvalue weighted by atomic mass is 16.5. The minimum Gasteiger partial charge on any atom is -0.377 e. The van der Waals surface area contributed by atoms with E-state index in [9.17, 15) is 0 Å². The third-order valence-electron chi connectivity index (χ3n) is 4.46. The summed E-state index contributed by atoms with van der Waals surface area (Å²) in [6.07, 6.45) is 4.31. The molecule has 0 spiro atoms. The van der Waals surface area contributed by atoms with E-state index < -0.39 is 0 Å². The number of hydrogen-bond donors (Lipinski definition) is 1. The molecule has 2 rings (SSSR count). The van der Waals surface area contributed by atoms with Crippen molar-refractivity contribution in [2.75, 3.05) is 45.9 Å². The van der Waals surface area contributed by atoms with Crippen LogP contribution < -0.4 is 5.73 Å². The SMILES string of the molecule is CC(C)(CN)N1CCN(CC2CCCCO2)CC1. The normalized spacial score (nSPS) is 28.5. The molecule has 4 heteroatoms. The van der Waals surface area contributed by atoms with E-state index in [1.807, 2.05) is 0 Å². The van der Waals surface area contributed by atoms with Gasteiger partial charge in [0.2, 0.25) is 0 Å². The number of nitrogens with zero attached hydrogens (tertiary/aromatic N) is 2. The highest BCUT2D eigenvalue weighted by Crippen LogP contribution is 2.18. The Morgan fingerprint density at radius 1 is 1.17 bits per heavy atom. The van der Waals surface area contributed by atoms with Crippen LogP contribution in [0.5, 0.6) is 0 Å². The number of ether oxygens (including phenoxy) is 1. The first kappa shape index (κ1) is 14.3. The Labute approximate surface area is 111 Å². The standard InChI is InChI=1S/C14H29N3O/c1-14(2,12-15)17-8-6-16(7-9-17)11-13-5-3-4-10-18-13/h13H,3-12,15H2,1-2H3. The summed E-state index contributed by atoms with van der Waals surface area (Å²) in [4.78, 5) is 5.07. The van der Waals surface area contributed by atoms with Crippen LogP contribution in [0.1, 0.15) is 33.1 Å². The lowest BCUT2D eigenvalue weighted by Gasteiger charge is -2.44. The van der Waals surface area contributed by atoms with Gasteiger partial charge < -0.3 is 10.5 Å². The van der Waals surface area contributed by atoms with E-state index in [-0.39, 0.29) is 5.54 Å². The molecule has 2 heterocycles. The minimum atomic E-state index is 0.146. The molecule has 0 aliphatic carbocycles. The quantitative estimate of drug-likeness (QED) is 0.811. The topological polar surface area (TPSA) is 41.7 Å². The van der Waals surface area contributed by atoms with Gasteiger partial charge in [-0.05, 0) is 33.1 Å². The maximum Gasteiger partial charge on any atom is 0.0702 e. The molecule has 106 valence electrons. The Morgan fingerprint density at radius 3 is 2.44 bits per heavy atom. The van der Waals surface area contributed by atoms with E-state index in [2.05, 4.69) is 23.6 Å². The summed E-state index contributed by atoms with van der Waals surface area (Å²) in [5.41, 5.74) is 5.99. The van der Waals surface area contributed by atoms with Crippen LogP contribution in [0.2, 0.25) is 0 Å². The van der Waals surface area contributed by atoms with Crippen LogP contribution in [0, 0.1) is 0 Å². The first-order chi connectivity index (χ1) is 8.62. The van der Waals surface area contributed by atoms with Crippen LogP contribution in [0.4, 0.5) is 0 Å². The van der Waals surface area contributed by atoms with Crippen molar-refractivity contribution < 1.29 is 4.74 Å². The van der Waals surface area contributed by atoms with E-state index >= 15 is 0 Å². The van der Waals surface area contributed by atoms with Crippen LogP contribution in [-0.2, 0) is 4.74 Å². The first-order valence-electron chi connectivity index (χ1n) is 7.41. The lowest BCUT2D eigenvalue weighted by atomic mass is 10.0. The number of piperazine rings is 1. The van der Waals surface area contributed by atoms with Crippen molar-refractivity contribution in [1.82, 2.24) is 9.80 Å².